The van der Waals surface area contributed by atoms with Crippen LogP contribution in [0.4, 0.5) is 5.69 Å². The summed E-state index contributed by atoms with van der Waals surface area (Å²) >= 11 is 0. The minimum atomic E-state index is 0.151. The maximum atomic E-state index is 11.4. The zero-order valence-electron chi connectivity index (χ0n) is 15.0. The van der Waals surface area contributed by atoms with Gasteiger partial charge in [-0.3, -0.25) is 4.79 Å². The van der Waals surface area contributed by atoms with E-state index in [-0.39, 0.29) is 5.41 Å². The van der Waals surface area contributed by atoms with Crippen molar-refractivity contribution in [1.29, 1.82) is 0 Å². The van der Waals surface area contributed by atoms with Gasteiger partial charge in [0.2, 0.25) is 0 Å². The SMILES string of the molecule is CC[C@H](Nc1ccc(OCc2ccccc2)c(C=O)c1)C(C)(C)C. The molecule has 24 heavy (non-hydrogen) atoms. The van der Waals surface area contributed by atoms with Gasteiger partial charge in [0, 0.05) is 11.7 Å². The number of carbonyl (C=O) groups excluding carboxylic acids is 1. The summed E-state index contributed by atoms with van der Waals surface area (Å²) in [4.78, 5) is 11.4. The van der Waals surface area contributed by atoms with Crippen LogP contribution in [0, 0.1) is 5.41 Å². The van der Waals surface area contributed by atoms with Crippen molar-refractivity contribution in [3.63, 3.8) is 0 Å². The van der Waals surface area contributed by atoms with E-state index in [4.69, 9.17) is 4.74 Å². The summed E-state index contributed by atoms with van der Waals surface area (Å²) in [6.07, 6.45) is 1.87. The van der Waals surface area contributed by atoms with E-state index in [2.05, 4.69) is 33.0 Å². The quantitative estimate of drug-likeness (QED) is 0.701. The van der Waals surface area contributed by atoms with Crippen molar-refractivity contribution < 1.29 is 9.53 Å². The van der Waals surface area contributed by atoms with E-state index >= 15 is 0 Å². The number of aldehydes is 1. The monoisotopic (exact) mass is 325 g/mol. The average molecular weight is 325 g/mol. The van der Waals surface area contributed by atoms with Crippen molar-refractivity contribution >= 4 is 12.0 Å². The molecule has 2 rings (SSSR count). The Kier molecular flexibility index (Phi) is 6.02. The van der Waals surface area contributed by atoms with Crippen molar-refractivity contribution in [2.75, 3.05) is 5.32 Å². The summed E-state index contributed by atoms with van der Waals surface area (Å²) in [5.41, 5.74) is 2.75. The molecule has 0 fully saturated rings. The second-order valence-corrected chi connectivity index (χ2v) is 7.12. The number of hydrogen-bond acceptors (Lipinski definition) is 3. The first-order valence-electron chi connectivity index (χ1n) is 8.46. The number of benzene rings is 2. The predicted molar refractivity (Wildman–Crippen MR) is 99.8 cm³/mol. The molecule has 0 saturated carbocycles. The standard InChI is InChI=1S/C21H27NO2/c1-5-20(21(2,3)4)22-18-11-12-19(17(13-18)14-23)24-15-16-9-7-6-8-10-16/h6-14,20,22H,5,15H2,1-4H3/t20-/m0/s1. The van der Waals surface area contributed by atoms with E-state index in [1.54, 1.807) is 0 Å². The lowest BCUT2D eigenvalue weighted by molar-refractivity contribution is 0.111. The molecule has 0 aliphatic rings. The number of nitrogens with one attached hydrogen (secondary N) is 1. The van der Waals surface area contributed by atoms with Crippen molar-refractivity contribution in [2.24, 2.45) is 5.41 Å². The highest BCUT2D eigenvalue weighted by Gasteiger charge is 2.22. The number of hydrogen-bond donors (Lipinski definition) is 1. The largest absolute Gasteiger partial charge is 0.488 e. The summed E-state index contributed by atoms with van der Waals surface area (Å²) < 4.78 is 5.81. The number of rotatable bonds is 7. The molecule has 0 aliphatic heterocycles. The molecule has 1 N–H and O–H groups in total. The molecule has 0 unspecified atom stereocenters. The van der Waals surface area contributed by atoms with Gasteiger partial charge in [-0.1, -0.05) is 58.0 Å². The maximum Gasteiger partial charge on any atom is 0.153 e. The molecule has 2 aromatic carbocycles. The molecule has 0 aromatic heterocycles. The lowest BCUT2D eigenvalue weighted by atomic mass is 9.85. The van der Waals surface area contributed by atoms with Crippen LogP contribution in [0.1, 0.15) is 50.0 Å². The molecule has 128 valence electrons. The van der Waals surface area contributed by atoms with E-state index in [0.717, 1.165) is 24.0 Å². The summed E-state index contributed by atoms with van der Waals surface area (Å²) in [5.74, 6) is 0.614. The van der Waals surface area contributed by atoms with Crippen molar-refractivity contribution in [2.45, 2.75) is 46.8 Å². The number of anilines is 1. The Morgan fingerprint density at radius 3 is 2.42 bits per heavy atom. The van der Waals surface area contributed by atoms with Crippen molar-refractivity contribution in [3.05, 3.63) is 59.7 Å². The topological polar surface area (TPSA) is 38.3 Å². The first kappa shape index (κ1) is 18.1. The Balaban J connectivity index is 2.11. The van der Waals surface area contributed by atoms with Gasteiger partial charge in [0.05, 0.1) is 5.56 Å². The fourth-order valence-corrected chi connectivity index (χ4v) is 2.73. The molecule has 0 radical (unpaired) electrons. The third kappa shape index (κ3) is 4.85. The molecule has 0 spiro atoms. The Morgan fingerprint density at radius 2 is 1.83 bits per heavy atom. The van der Waals surface area contributed by atoms with E-state index in [0.29, 0.717) is 24.0 Å². The van der Waals surface area contributed by atoms with E-state index < -0.39 is 0 Å². The third-order valence-electron chi connectivity index (χ3n) is 4.17. The number of ether oxygens (including phenoxy) is 1. The molecule has 0 bridgehead atoms. The van der Waals surface area contributed by atoms with E-state index in [1.165, 1.54) is 0 Å². The minimum absolute atomic E-state index is 0.151. The van der Waals surface area contributed by atoms with Gasteiger partial charge in [0.15, 0.2) is 6.29 Å². The van der Waals surface area contributed by atoms with Gasteiger partial charge in [0.1, 0.15) is 12.4 Å². The zero-order chi connectivity index (χ0) is 17.6. The van der Waals surface area contributed by atoms with Gasteiger partial charge in [-0.25, -0.2) is 0 Å². The van der Waals surface area contributed by atoms with Crippen LogP contribution in [0.3, 0.4) is 0 Å². The van der Waals surface area contributed by atoms with Crippen LogP contribution in [-0.2, 0) is 6.61 Å². The van der Waals surface area contributed by atoms with Crippen LogP contribution in [0.15, 0.2) is 48.5 Å². The molecule has 0 aliphatic carbocycles. The van der Waals surface area contributed by atoms with Crippen molar-refractivity contribution in [1.82, 2.24) is 0 Å². The third-order valence-corrected chi connectivity index (χ3v) is 4.17. The lowest BCUT2D eigenvalue weighted by Crippen LogP contribution is -2.33. The Labute approximate surface area is 145 Å². The van der Waals surface area contributed by atoms with E-state index in [9.17, 15) is 4.79 Å². The van der Waals surface area contributed by atoms with Gasteiger partial charge in [-0.05, 0) is 35.6 Å². The summed E-state index contributed by atoms with van der Waals surface area (Å²) in [5, 5.41) is 3.53. The normalized spacial score (nSPS) is 12.5. The Hall–Kier alpha value is -2.29. The smallest absolute Gasteiger partial charge is 0.153 e. The minimum Gasteiger partial charge on any atom is -0.488 e. The highest BCUT2D eigenvalue weighted by molar-refractivity contribution is 5.81. The first-order valence-corrected chi connectivity index (χ1v) is 8.46. The molecule has 3 nitrogen and oxygen atoms in total. The molecule has 0 amide bonds. The zero-order valence-corrected chi connectivity index (χ0v) is 15.0. The molecular formula is C21H27NO2. The first-order chi connectivity index (χ1) is 11.4. The predicted octanol–water partition coefficient (Wildman–Crippen LogP) is 5.31. The van der Waals surface area contributed by atoms with Gasteiger partial charge >= 0.3 is 0 Å². The van der Waals surface area contributed by atoms with Crippen LogP contribution < -0.4 is 10.1 Å². The maximum absolute atomic E-state index is 11.4. The Morgan fingerprint density at radius 1 is 1.12 bits per heavy atom. The average Bonchev–Trinajstić information content (AvgIpc) is 2.58. The fourth-order valence-electron chi connectivity index (χ4n) is 2.73. The number of carbonyl (C=O) groups is 1. The molecular weight excluding hydrogens is 298 g/mol. The summed E-state index contributed by atoms with van der Waals surface area (Å²) in [6.45, 7) is 9.26. The van der Waals surface area contributed by atoms with Crippen LogP contribution in [-0.4, -0.2) is 12.3 Å². The second kappa shape index (κ2) is 8.00. The summed E-state index contributed by atoms with van der Waals surface area (Å²) in [6, 6.07) is 16.0. The van der Waals surface area contributed by atoms with Crippen LogP contribution in [0.25, 0.3) is 0 Å². The lowest BCUT2D eigenvalue weighted by Gasteiger charge is -2.31. The van der Waals surface area contributed by atoms with E-state index in [1.807, 2.05) is 48.5 Å². The highest BCUT2D eigenvalue weighted by atomic mass is 16.5. The summed E-state index contributed by atoms with van der Waals surface area (Å²) in [7, 11) is 0. The second-order valence-electron chi connectivity index (χ2n) is 7.12. The highest BCUT2D eigenvalue weighted by Crippen LogP contribution is 2.28. The molecule has 1 atom stereocenters. The molecule has 0 saturated heterocycles. The molecule has 0 heterocycles. The van der Waals surface area contributed by atoms with Crippen LogP contribution in [0.5, 0.6) is 5.75 Å². The van der Waals surface area contributed by atoms with Crippen LogP contribution in [0.2, 0.25) is 0 Å². The van der Waals surface area contributed by atoms with Crippen LogP contribution >= 0.6 is 0 Å². The molecule has 2 aromatic rings. The van der Waals surface area contributed by atoms with Gasteiger partial charge < -0.3 is 10.1 Å². The Bertz CT molecular complexity index is 659. The van der Waals surface area contributed by atoms with Gasteiger partial charge in [0.25, 0.3) is 0 Å². The van der Waals surface area contributed by atoms with Gasteiger partial charge in [-0.15, -0.1) is 0 Å². The molecule has 3 heteroatoms. The van der Waals surface area contributed by atoms with Gasteiger partial charge in [-0.2, -0.15) is 0 Å². The fraction of sp³-hybridized carbons (Fsp3) is 0.381. The van der Waals surface area contributed by atoms with Crippen molar-refractivity contribution in [3.8, 4) is 5.75 Å².